The molecule has 14 heavy (non-hydrogen) atoms. The molecule has 0 bridgehead atoms. The lowest BCUT2D eigenvalue weighted by Gasteiger charge is -2.14. The van der Waals surface area contributed by atoms with Gasteiger partial charge in [0.05, 0.1) is 6.42 Å². The van der Waals surface area contributed by atoms with Gasteiger partial charge in [0.15, 0.2) is 0 Å². The second-order valence-electron chi connectivity index (χ2n) is 3.22. The molecule has 4 N–H and O–H groups in total. The lowest BCUT2D eigenvalue weighted by molar-refractivity contribution is -0.143. The maximum Gasteiger partial charge on any atom is 0.326 e. The van der Waals surface area contributed by atoms with Crippen molar-refractivity contribution in [2.24, 2.45) is 11.7 Å². The zero-order valence-electron chi connectivity index (χ0n) is 8.11. The second kappa shape index (κ2) is 5.21. The van der Waals surface area contributed by atoms with Crippen molar-refractivity contribution in [3.8, 4) is 0 Å². The monoisotopic (exact) mass is 202 g/mol. The van der Waals surface area contributed by atoms with Gasteiger partial charge in [-0.25, -0.2) is 4.79 Å². The molecule has 0 radical (unpaired) electrons. The van der Waals surface area contributed by atoms with E-state index in [4.69, 9.17) is 10.8 Å². The topological polar surface area (TPSA) is 109 Å². The summed E-state index contributed by atoms with van der Waals surface area (Å²) in [6, 6.07) is -1.23. The van der Waals surface area contributed by atoms with Crippen LogP contribution in [0.25, 0.3) is 0 Å². The first-order valence-electron chi connectivity index (χ1n) is 4.16. The first-order chi connectivity index (χ1) is 6.34. The van der Waals surface area contributed by atoms with Crippen molar-refractivity contribution in [3.05, 3.63) is 0 Å². The van der Waals surface area contributed by atoms with E-state index in [0.717, 1.165) is 0 Å². The predicted octanol–water partition coefficient (Wildman–Crippen LogP) is -0.913. The molecule has 0 aromatic rings. The van der Waals surface area contributed by atoms with Crippen molar-refractivity contribution in [1.29, 1.82) is 0 Å². The van der Waals surface area contributed by atoms with E-state index in [2.05, 4.69) is 5.32 Å². The van der Waals surface area contributed by atoms with Gasteiger partial charge in [-0.05, 0) is 0 Å². The fraction of sp³-hybridized carbons (Fsp3) is 0.625. The van der Waals surface area contributed by atoms with Crippen LogP contribution in [0.5, 0.6) is 0 Å². The maximum absolute atomic E-state index is 11.1. The number of hydrogen-bond acceptors (Lipinski definition) is 3. The van der Waals surface area contributed by atoms with Crippen LogP contribution in [0.2, 0.25) is 0 Å². The summed E-state index contributed by atoms with van der Waals surface area (Å²) in [5.41, 5.74) is 4.83. The van der Waals surface area contributed by atoms with Gasteiger partial charge < -0.3 is 16.2 Å². The summed E-state index contributed by atoms with van der Waals surface area (Å²) in [5, 5.41) is 10.8. The number of rotatable bonds is 5. The van der Waals surface area contributed by atoms with Crippen LogP contribution in [0, 0.1) is 5.92 Å². The van der Waals surface area contributed by atoms with E-state index >= 15 is 0 Å². The van der Waals surface area contributed by atoms with Crippen LogP contribution in [0.1, 0.15) is 20.3 Å². The molecule has 0 spiro atoms. The number of carbonyl (C=O) groups is 3. The maximum atomic E-state index is 11.1. The normalized spacial score (nSPS) is 12.2. The number of aliphatic carboxylic acids is 1. The molecule has 0 rings (SSSR count). The van der Waals surface area contributed by atoms with Crippen LogP contribution in [0.15, 0.2) is 0 Å². The number of amides is 2. The summed E-state index contributed by atoms with van der Waals surface area (Å²) in [4.78, 5) is 32.2. The molecule has 0 aromatic heterocycles. The zero-order chi connectivity index (χ0) is 11.3. The van der Waals surface area contributed by atoms with Crippen molar-refractivity contribution < 1.29 is 19.5 Å². The Bertz CT molecular complexity index is 250. The smallest absolute Gasteiger partial charge is 0.326 e. The molecule has 0 aromatic carbocycles. The van der Waals surface area contributed by atoms with E-state index in [-0.39, 0.29) is 5.92 Å². The van der Waals surface area contributed by atoms with Crippen LogP contribution >= 0.6 is 0 Å². The molecule has 0 aliphatic rings. The quantitative estimate of drug-likeness (QED) is 0.536. The van der Waals surface area contributed by atoms with Crippen LogP contribution in [-0.2, 0) is 14.4 Å². The molecule has 6 nitrogen and oxygen atoms in total. The van der Waals surface area contributed by atoms with Crippen LogP contribution in [0.3, 0.4) is 0 Å². The predicted molar refractivity (Wildman–Crippen MR) is 48.2 cm³/mol. The number of carbonyl (C=O) groups excluding carboxylic acids is 2. The average molecular weight is 202 g/mol. The summed E-state index contributed by atoms with van der Waals surface area (Å²) < 4.78 is 0. The van der Waals surface area contributed by atoms with Gasteiger partial charge in [-0.2, -0.15) is 0 Å². The van der Waals surface area contributed by atoms with Gasteiger partial charge in [0, 0.05) is 5.92 Å². The lowest BCUT2D eigenvalue weighted by atomic mass is 10.1. The highest BCUT2D eigenvalue weighted by atomic mass is 16.4. The number of carboxylic acid groups (broad SMARTS) is 1. The summed E-state index contributed by atoms with van der Waals surface area (Å²) >= 11 is 0. The second-order valence-corrected chi connectivity index (χ2v) is 3.22. The molecule has 0 fully saturated rings. The summed E-state index contributed by atoms with van der Waals surface area (Å²) in [6.45, 7) is 3.25. The summed E-state index contributed by atoms with van der Waals surface area (Å²) in [7, 11) is 0. The van der Waals surface area contributed by atoms with Crippen molar-refractivity contribution in [2.75, 3.05) is 0 Å². The molecule has 2 amide bonds. The van der Waals surface area contributed by atoms with Crippen molar-refractivity contribution in [3.63, 3.8) is 0 Å². The number of primary amides is 1. The molecule has 6 heteroatoms. The lowest BCUT2D eigenvalue weighted by Crippen LogP contribution is -2.44. The van der Waals surface area contributed by atoms with Gasteiger partial charge in [-0.1, -0.05) is 13.8 Å². The van der Waals surface area contributed by atoms with Gasteiger partial charge in [0.1, 0.15) is 6.04 Å². The first kappa shape index (κ1) is 12.4. The van der Waals surface area contributed by atoms with Crippen molar-refractivity contribution in [2.45, 2.75) is 26.3 Å². The number of nitrogens with one attached hydrogen (secondary N) is 1. The fourth-order valence-electron chi connectivity index (χ4n) is 0.740. The minimum Gasteiger partial charge on any atom is -0.480 e. The minimum atomic E-state index is -1.27. The van der Waals surface area contributed by atoms with Crippen LogP contribution in [0.4, 0.5) is 0 Å². The molecule has 0 heterocycles. The van der Waals surface area contributed by atoms with E-state index in [1.54, 1.807) is 13.8 Å². The minimum absolute atomic E-state index is 0.329. The Hall–Kier alpha value is -1.59. The Morgan fingerprint density at radius 3 is 2.14 bits per heavy atom. The highest BCUT2D eigenvalue weighted by Gasteiger charge is 2.22. The number of hydrogen-bond donors (Lipinski definition) is 3. The van der Waals surface area contributed by atoms with E-state index in [0.29, 0.717) is 0 Å². The molecule has 0 saturated carbocycles. The number of nitrogens with two attached hydrogens (primary N) is 1. The third-order valence-electron chi connectivity index (χ3n) is 1.54. The SMILES string of the molecule is CC(C)C(=O)N[C@@H](CC(N)=O)C(=O)O. The summed E-state index contributed by atoms with van der Waals surface area (Å²) in [6.07, 6.45) is -0.395. The average Bonchev–Trinajstić information content (AvgIpc) is 2.01. The Kier molecular flexibility index (Phi) is 4.62. The van der Waals surface area contributed by atoms with E-state index in [1.807, 2.05) is 0 Å². The van der Waals surface area contributed by atoms with E-state index < -0.39 is 30.2 Å². The standard InChI is InChI=1S/C8H14N2O4/c1-4(2)7(12)10-5(8(13)14)3-6(9)11/h4-5H,3H2,1-2H3,(H2,9,11)(H,10,12)(H,13,14)/t5-/m0/s1. The van der Waals surface area contributed by atoms with Crippen molar-refractivity contribution >= 4 is 17.8 Å². The van der Waals surface area contributed by atoms with Gasteiger partial charge >= 0.3 is 5.97 Å². The summed E-state index contributed by atoms with van der Waals surface area (Å²) in [5.74, 6) is -2.78. The molecule has 0 unspecified atom stereocenters. The molecular weight excluding hydrogens is 188 g/mol. The number of carboxylic acids is 1. The van der Waals surface area contributed by atoms with Gasteiger partial charge in [0.25, 0.3) is 0 Å². The van der Waals surface area contributed by atoms with Gasteiger partial charge in [0.2, 0.25) is 11.8 Å². The molecule has 0 aliphatic heterocycles. The third-order valence-corrected chi connectivity index (χ3v) is 1.54. The largest absolute Gasteiger partial charge is 0.480 e. The van der Waals surface area contributed by atoms with Crippen LogP contribution < -0.4 is 11.1 Å². The van der Waals surface area contributed by atoms with E-state index in [1.165, 1.54) is 0 Å². The highest BCUT2D eigenvalue weighted by molar-refractivity contribution is 5.88. The molecule has 1 atom stereocenters. The highest BCUT2D eigenvalue weighted by Crippen LogP contribution is 1.96. The Labute approximate surface area is 81.5 Å². The Morgan fingerprint density at radius 2 is 1.86 bits per heavy atom. The van der Waals surface area contributed by atoms with E-state index in [9.17, 15) is 14.4 Å². The van der Waals surface area contributed by atoms with Gasteiger partial charge in [-0.3, -0.25) is 9.59 Å². The molecular formula is C8H14N2O4. The molecule has 80 valence electrons. The fourth-order valence-corrected chi connectivity index (χ4v) is 0.740. The third kappa shape index (κ3) is 4.44. The van der Waals surface area contributed by atoms with Gasteiger partial charge in [-0.15, -0.1) is 0 Å². The first-order valence-corrected chi connectivity index (χ1v) is 4.16. The molecule has 0 aliphatic carbocycles. The van der Waals surface area contributed by atoms with Crippen LogP contribution in [-0.4, -0.2) is 28.9 Å². The zero-order valence-corrected chi connectivity index (χ0v) is 8.11. The molecule has 0 saturated heterocycles. The van der Waals surface area contributed by atoms with Crippen molar-refractivity contribution in [1.82, 2.24) is 5.32 Å². The Morgan fingerprint density at radius 1 is 1.36 bits per heavy atom. The Balaban J connectivity index is 4.31.